The van der Waals surface area contributed by atoms with Crippen molar-refractivity contribution < 1.29 is 9.31 Å². The van der Waals surface area contributed by atoms with E-state index in [1.54, 1.807) is 0 Å². The SMILES string of the molecule is C1=CC(B2OC3(CCCCC3)C3(CCCCC3)O2)C=C1. The Morgan fingerprint density at radius 2 is 1.15 bits per heavy atom. The molecule has 3 heteroatoms. The molecule has 1 aliphatic heterocycles. The van der Waals surface area contributed by atoms with Crippen molar-refractivity contribution in [1.82, 2.24) is 0 Å². The molecule has 0 aromatic heterocycles. The largest absolute Gasteiger partial charge is 0.469 e. The molecule has 1 heterocycles. The quantitative estimate of drug-likeness (QED) is 0.658. The Hall–Kier alpha value is -0.535. The molecule has 0 atom stereocenters. The molecule has 0 unspecified atom stereocenters. The number of hydrogen-bond donors (Lipinski definition) is 0. The fourth-order valence-electron chi connectivity index (χ4n) is 4.86. The molecule has 2 nitrogen and oxygen atoms in total. The summed E-state index contributed by atoms with van der Waals surface area (Å²) in [6.45, 7) is 0. The summed E-state index contributed by atoms with van der Waals surface area (Å²) in [6.07, 6.45) is 21.5. The van der Waals surface area contributed by atoms with E-state index in [-0.39, 0.29) is 18.3 Å². The van der Waals surface area contributed by atoms with Crippen molar-refractivity contribution in [1.29, 1.82) is 0 Å². The highest BCUT2D eigenvalue weighted by atomic mass is 16.7. The highest BCUT2D eigenvalue weighted by Gasteiger charge is 2.62. The molecule has 20 heavy (non-hydrogen) atoms. The maximum absolute atomic E-state index is 6.64. The van der Waals surface area contributed by atoms with Gasteiger partial charge in [0.2, 0.25) is 0 Å². The molecule has 4 rings (SSSR count). The van der Waals surface area contributed by atoms with Gasteiger partial charge < -0.3 is 9.31 Å². The van der Waals surface area contributed by atoms with Crippen LogP contribution in [0, 0.1) is 0 Å². The molecule has 3 fully saturated rings. The molecule has 0 amide bonds. The zero-order valence-electron chi connectivity index (χ0n) is 12.4. The molecule has 108 valence electrons. The lowest BCUT2D eigenvalue weighted by Gasteiger charge is -2.48. The third kappa shape index (κ3) is 1.94. The molecule has 0 radical (unpaired) electrons. The molecule has 0 aromatic carbocycles. The minimum atomic E-state index is -0.0406. The number of fused-ring (bicyclic) bond motifs is 1. The van der Waals surface area contributed by atoms with E-state index in [2.05, 4.69) is 24.3 Å². The zero-order valence-corrected chi connectivity index (χ0v) is 12.4. The molecular formula is C17H25BO2. The highest BCUT2D eigenvalue weighted by Crippen LogP contribution is 2.55. The van der Waals surface area contributed by atoms with Gasteiger partial charge in [-0.3, -0.25) is 0 Å². The lowest BCUT2D eigenvalue weighted by molar-refractivity contribution is -0.0923. The molecule has 0 N–H and O–H groups in total. The summed E-state index contributed by atoms with van der Waals surface area (Å²) >= 11 is 0. The van der Waals surface area contributed by atoms with Crippen LogP contribution >= 0.6 is 0 Å². The van der Waals surface area contributed by atoms with Crippen LogP contribution in [0.15, 0.2) is 24.3 Å². The van der Waals surface area contributed by atoms with Gasteiger partial charge >= 0.3 is 7.12 Å². The third-order valence-corrected chi connectivity index (χ3v) is 5.93. The minimum Gasteiger partial charge on any atom is -0.402 e. The third-order valence-electron chi connectivity index (χ3n) is 5.93. The first-order chi connectivity index (χ1) is 9.84. The zero-order chi connectivity index (χ0) is 13.5. The average molecular weight is 272 g/mol. The van der Waals surface area contributed by atoms with Crippen LogP contribution in [-0.2, 0) is 9.31 Å². The molecule has 0 bridgehead atoms. The minimum absolute atomic E-state index is 0.0284. The lowest BCUT2D eigenvalue weighted by Crippen LogP contribution is -2.53. The Bertz CT molecular complexity index is 379. The molecule has 1 saturated heterocycles. The van der Waals surface area contributed by atoms with Gasteiger partial charge in [-0.05, 0) is 25.7 Å². The second-order valence-electron chi connectivity index (χ2n) is 7.06. The van der Waals surface area contributed by atoms with Gasteiger partial charge in [0.1, 0.15) is 0 Å². The topological polar surface area (TPSA) is 18.5 Å². The summed E-state index contributed by atoms with van der Waals surface area (Å²) in [5, 5.41) is 0. The fraction of sp³-hybridized carbons (Fsp3) is 0.765. The predicted octanol–water partition coefficient (Wildman–Crippen LogP) is 4.42. The van der Waals surface area contributed by atoms with E-state index in [0.717, 1.165) is 0 Å². The molecule has 3 aliphatic carbocycles. The Kier molecular flexibility index (Phi) is 3.31. The maximum Gasteiger partial charge on any atom is 0.469 e. The van der Waals surface area contributed by atoms with Crippen LogP contribution in [-0.4, -0.2) is 18.3 Å². The molecule has 0 aromatic rings. The second kappa shape index (κ2) is 5.03. The van der Waals surface area contributed by atoms with Crippen LogP contribution in [0.2, 0.25) is 5.82 Å². The van der Waals surface area contributed by atoms with Crippen LogP contribution in [0.25, 0.3) is 0 Å². The normalized spacial score (nSPS) is 31.7. The van der Waals surface area contributed by atoms with Gasteiger partial charge in [-0.25, -0.2) is 0 Å². The van der Waals surface area contributed by atoms with E-state index in [1.807, 2.05) is 0 Å². The second-order valence-corrected chi connectivity index (χ2v) is 7.06. The number of rotatable bonds is 1. The maximum atomic E-state index is 6.64. The van der Waals surface area contributed by atoms with Crippen LogP contribution in [0.5, 0.6) is 0 Å². The van der Waals surface area contributed by atoms with Crippen molar-refractivity contribution in [3.8, 4) is 0 Å². The summed E-state index contributed by atoms with van der Waals surface area (Å²) in [7, 11) is -0.0406. The van der Waals surface area contributed by atoms with Gasteiger partial charge in [0, 0.05) is 5.82 Å². The lowest BCUT2D eigenvalue weighted by atomic mass is 9.66. The van der Waals surface area contributed by atoms with E-state index in [1.165, 1.54) is 64.2 Å². The summed E-state index contributed by atoms with van der Waals surface area (Å²) in [4.78, 5) is 0. The van der Waals surface area contributed by atoms with Crippen molar-refractivity contribution >= 4 is 7.12 Å². The van der Waals surface area contributed by atoms with Gasteiger partial charge in [0.25, 0.3) is 0 Å². The van der Waals surface area contributed by atoms with Gasteiger partial charge in [0.15, 0.2) is 0 Å². The number of allylic oxidation sites excluding steroid dienone is 4. The molecular weight excluding hydrogens is 247 g/mol. The Morgan fingerprint density at radius 1 is 0.700 bits per heavy atom. The Labute approximate surface area is 122 Å². The van der Waals surface area contributed by atoms with Crippen LogP contribution in [0.1, 0.15) is 64.2 Å². The van der Waals surface area contributed by atoms with Crippen molar-refractivity contribution in [3.63, 3.8) is 0 Å². The first-order valence-corrected chi connectivity index (χ1v) is 8.54. The van der Waals surface area contributed by atoms with Crippen molar-refractivity contribution in [2.75, 3.05) is 0 Å². The molecule has 2 spiro atoms. The first kappa shape index (κ1) is 13.2. The van der Waals surface area contributed by atoms with E-state index < -0.39 is 0 Å². The average Bonchev–Trinajstić information content (AvgIpc) is 3.10. The smallest absolute Gasteiger partial charge is 0.402 e. The first-order valence-electron chi connectivity index (χ1n) is 8.54. The van der Waals surface area contributed by atoms with Crippen LogP contribution in [0.3, 0.4) is 0 Å². The van der Waals surface area contributed by atoms with Crippen molar-refractivity contribution in [2.24, 2.45) is 0 Å². The van der Waals surface area contributed by atoms with Gasteiger partial charge in [-0.15, -0.1) is 0 Å². The highest BCUT2D eigenvalue weighted by molar-refractivity contribution is 6.49. The summed E-state index contributed by atoms with van der Waals surface area (Å²) in [5.41, 5.74) is 0.0568. The molecule has 2 saturated carbocycles. The predicted molar refractivity (Wildman–Crippen MR) is 81.6 cm³/mol. The summed E-state index contributed by atoms with van der Waals surface area (Å²) < 4.78 is 13.3. The van der Waals surface area contributed by atoms with Crippen LogP contribution in [0.4, 0.5) is 0 Å². The summed E-state index contributed by atoms with van der Waals surface area (Å²) in [6, 6.07) is 0. The van der Waals surface area contributed by atoms with E-state index >= 15 is 0 Å². The van der Waals surface area contributed by atoms with Gasteiger partial charge in [0.05, 0.1) is 11.2 Å². The van der Waals surface area contributed by atoms with Crippen molar-refractivity contribution in [3.05, 3.63) is 24.3 Å². The Balaban J connectivity index is 1.63. The fourth-order valence-corrected chi connectivity index (χ4v) is 4.86. The Morgan fingerprint density at radius 3 is 1.60 bits per heavy atom. The summed E-state index contributed by atoms with van der Waals surface area (Å²) in [5.74, 6) is 0.329. The van der Waals surface area contributed by atoms with Gasteiger partial charge in [-0.1, -0.05) is 62.8 Å². The van der Waals surface area contributed by atoms with Gasteiger partial charge in [-0.2, -0.15) is 0 Å². The van der Waals surface area contributed by atoms with E-state index in [4.69, 9.17) is 9.31 Å². The van der Waals surface area contributed by atoms with E-state index in [0.29, 0.717) is 5.82 Å². The number of hydrogen-bond acceptors (Lipinski definition) is 2. The monoisotopic (exact) mass is 272 g/mol. The molecule has 4 aliphatic rings. The van der Waals surface area contributed by atoms with Crippen LogP contribution < -0.4 is 0 Å². The standard InChI is InChI=1S/C17H25BO2/c1-5-11-16(12-6-1)17(13-7-2-8-14-17)20-18(19-16)15-9-3-4-10-15/h3-4,9-10,15H,1-2,5-8,11-14H2. The van der Waals surface area contributed by atoms with Crippen molar-refractivity contribution in [2.45, 2.75) is 81.2 Å². The van der Waals surface area contributed by atoms with E-state index in [9.17, 15) is 0 Å².